The van der Waals surface area contributed by atoms with E-state index in [0.29, 0.717) is 13.2 Å². The molecule has 0 fully saturated rings. The van der Waals surface area contributed by atoms with Gasteiger partial charge in [0.25, 0.3) is 0 Å². The average molecular weight is 245 g/mol. The number of carbonyl (C=O) groups is 2. The van der Waals surface area contributed by atoms with E-state index in [1.807, 2.05) is 20.8 Å². The Labute approximate surface area is 103 Å². The Bertz CT molecular complexity index is 241. The van der Waals surface area contributed by atoms with E-state index in [0.717, 1.165) is 12.8 Å². The number of ether oxygens (including phenoxy) is 1. The normalized spacial score (nSPS) is 10.6. The molecule has 0 saturated carbocycles. The number of nitrogens with zero attached hydrogens (tertiary/aromatic N) is 1. The molecular weight excluding hydrogens is 222 g/mol. The van der Waals surface area contributed by atoms with Gasteiger partial charge in [0.1, 0.15) is 13.2 Å². The summed E-state index contributed by atoms with van der Waals surface area (Å²) in [5.74, 6) is -1.00. The lowest BCUT2D eigenvalue weighted by molar-refractivity contribution is -0.146. The smallest absolute Gasteiger partial charge is 0.323 e. The highest BCUT2D eigenvalue weighted by Gasteiger charge is 2.17. The zero-order valence-electron chi connectivity index (χ0n) is 10.9. The van der Waals surface area contributed by atoms with Gasteiger partial charge in [-0.05, 0) is 12.3 Å². The molecule has 0 radical (unpaired) electrons. The van der Waals surface area contributed by atoms with E-state index in [1.165, 1.54) is 4.90 Å². The Balaban J connectivity index is 4.08. The second kappa shape index (κ2) is 8.98. The molecule has 0 saturated heterocycles. The summed E-state index contributed by atoms with van der Waals surface area (Å²) in [6.45, 7) is 6.64. The Morgan fingerprint density at radius 2 is 2.00 bits per heavy atom. The van der Waals surface area contributed by atoms with Crippen LogP contribution in [0.1, 0.15) is 33.6 Å². The van der Waals surface area contributed by atoms with Crippen LogP contribution in [0.3, 0.4) is 0 Å². The third kappa shape index (κ3) is 8.68. The number of hydrogen-bond acceptors (Lipinski definition) is 3. The molecule has 0 aliphatic carbocycles. The van der Waals surface area contributed by atoms with E-state index < -0.39 is 5.97 Å². The van der Waals surface area contributed by atoms with Crippen LogP contribution < -0.4 is 0 Å². The maximum Gasteiger partial charge on any atom is 0.323 e. The first-order valence-electron chi connectivity index (χ1n) is 6.04. The summed E-state index contributed by atoms with van der Waals surface area (Å²) in [7, 11) is 0. The molecule has 0 unspecified atom stereocenters. The molecular formula is C12H23NO4. The van der Waals surface area contributed by atoms with Crippen LogP contribution in [0.25, 0.3) is 0 Å². The van der Waals surface area contributed by atoms with Gasteiger partial charge in [-0.2, -0.15) is 0 Å². The molecule has 5 heteroatoms. The second-order valence-corrected chi connectivity index (χ2v) is 4.47. The van der Waals surface area contributed by atoms with Crippen LogP contribution in [0.15, 0.2) is 0 Å². The highest BCUT2D eigenvalue weighted by atomic mass is 16.5. The van der Waals surface area contributed by atoms with Gasteiger partial charge in [-0.1, -0.05) is 27.2 Å². The van der Waals surface area contributed by atoms with E-state index in [4.69, 9.17) is 9.84 Å². The van der Waals surface area contributed by atoms with Gasteiger partial charge >= 0.3 is 5.97 Å². The van der Waals surface area contributed by atoms with Gasteiger partial charge in [-0.25, -0.2) is 0 Å². The maximum absolute atomic E-state index is 11.7. The largest absolute Gasteiger partial charge is 0.480 e. The summed E-state index contributed by atoms with van der Waals surface area (Å²) in [6, 6.07) is 0. The molecule has 0 spiro atoms. The Morgan fingerprint density at radius 3 is 2.47 bits per heavy atom. The summed E-state index contributed by atoms with van der Waals surface area (Å²) < 4.78 is 5.20. The fraction of sp³-hybridized carbons (Fsp3) is 0.833. The lowest BCUT2D eigenvalue weighted by atomic mass is 10.2. The van der Waals surface area contributed by atoms with Crippen molar-refractivity contribution >= 4 is 11.9 Å². The number of amides is 1. The van der Waals surface area contributed by atoms with Crippen molar-refractivity contribution < 1.29 is 19.4 Å². The van der Waals surface area contributed by atoms with Crippen LogP contribution in [0, 0.1) is 5.92 Å². The minimum Gasteiger partial charge on any atom is -0.480 e. The summed E-state index contributed by atoms with van der Waals surface area (Å²) >= 11 is 0. The SMILES string of the molecule is CCCCOCC(=O)N(CC(=O)O)CC(C)C. The van der Waals surface area contributed by atoms with Crippen molar-refractivity contribution in [3.8, 4) is 0 Å². The molecule has 0 aliphatic rings. The maximum atomic E-state index is 11.7. The number of aliphatic carboxylic acids is 1. The molecule has 1 N–H and O–H groups in total. The van der Waals surface area contributed by atoms with Gasteiger partial charge in [0, 0.05) is 13.2 Å². The topological polar surface area (TPSA) is 66.8 Å². The molecule has 1 amide bonds. The number of carbonyl (C=O) groups excluding carboxylic acids is 1. The monoisotopic (exact) mass is 245 g/mol. The van der Waals surface area contributed by atoms with Crippen molar-refractivity contribution in [2.75, 3.05) is 26.3 Å². The first-order chi connectivity index (χ1) is 7.97. The molecule has 0 aromatic rings. The summed E-state index contributed by atoms with van der Waals surface area (Å²) in [6.07, 6.45) is 1.93. The standard InChI is InChI=1S/C12H23NO4/c1-4-5-6-17-9-11(14)13(7-10(2)3)8-12(15)16/h10H,4-9H2,1-3H3,(H,15,16). The molecule has 0 atom stereocenters. The van der Waals surface area contributed by atoms with Crippen LogP contribution in [0.4, 0.5) is 0 Å². The van der Waals surface area contributed by atoms with Crippen molar-refractivity contribution in [3.63, 3.8) is 0 Å². The van der Waals surface area contributed by atoms with Gasteiger partial charge in [0.05, 0.1) is 0 Å². The van der Waals surface area contributed by atoms with Crippen molar-refractivity contribution in [3.05, 3.63) is 0 Å². The predicted octanol–water partition coefficient (Wildman–Crippen LogP) is 1.37. The van der Waals surface area contributed by atoms with Crippen LogP contribution in [-0.2, 0) is 14.3 Å². The molecule has 0 heterocycles. The first kappa shape index (κ1) is 15.9. The molecule has 0 aromatic carbocycles. The van der Waals surface area contributed by atoms with Crippen LogP contribution in [0.5, 0.6) is 0 Å². The van der Waals surface area contributed by atoms with Crippen molar-refractivity contribution in [1.29, 1.82) is 0 Å². The molecule has 0 aliphatic heterocycles. The molecule has 0 rings (SSSR count). The Hall–Kier alpha value is -1.10. The highest BCUT2D eigenvalue weighted by molar-refractivity contribution is 5.82. The van der Waals surface area contributed by atoms with E-state index in [1.54, 1.807) is 0 Å². The van der Waals surface area contributed by atoms with Crippen molar-refractivity contribution in [2.24, 2.45) is 5.92 Å². The molecule has 17 heavy (non-hydrogen) atoms. The van der Waals surface area contributed by atoms with Gasteiger partial charge in [0.15, 0.2) is 0 Å². The molecule has 5 nitrogen and oxygen atoms in total. The Morgan fingerprint density at radius 1 is 1.35 bits per heavy atom. The number of unbranched alkanes of at least 4 members (excludes halogenated alkanes) is 1. The summed E-state index contributed by atoms with van der Waals surface area (Å²) in [5.41, 5.74) is 0. The zero-order chi connectivity index (χ0) is 13.3. The van der Waals surface area contributed by atoms with Gasteiger partial charge in [0.2, 0.25) is 5.91 Å². The fourth-order valence-corrected chi connectivity index (χ4v) is 1.36. The van der Waals surface area contributed by atoms with Gasteiger partial charge < -0.3 is 14.7 Å². The minimum atomic E-state index is -0.993. The lowest BCUT2D eigenvalue weighted by Crippen LogP contribution is -2.40. The quantitative estimate of drug-likeness (QED) is 0.623. The minimum absolute atomic E-state index is 0.0278. The third-order valence-electron chi connectivity index (χ3n) is 2.13. The fourth-order valence-electron chi connectivity index (χ4n) is 1.36. The highest BCUT2D eigenvalue weighted by Crippen LogP contribution is 2.00. The van der Waals surface area contributed by atoms with Crippen LogP contribution in [0.2, 0.25) is 0 Å². The van der Waals surface area contributed by atoms with Crippen molar-refractivity contribution in [2.45, 2.75) is 33.6 Å². The van der Waals surface area contributed by atoms with Crippen LogP contribution >= 0.6 is 0 Å². The summed E-state index contributed by atoms with van der Waals surface area (Å²) in [4.78, 5) is 23.7. The number of carboxylic acid groups (broad SMARTS) is 1. The molecule has 0 aromatic heterocycles. The van der Waals surface area contributed by atoms with E-state index in [-0.39, 0.29) is 25.0 Å². The third-order valence-corrected chi connectivity index (χ3v) is 2.13. The number of carboxylic acids is 1. The average Bonchev–Trinajstić information content (AvgIpc) is 2.22. The molecule has 0 bridgehead atoms. The molecule has 100 valence electrons. The zero-order valence-corrected chi connectivity index (χ0v) is 10.9. The van der Waals surface area contributed by atoms with E-state index in [9.17, 15) is 9.59 Å². The van der Waals surface area contributed by atoms with Gasteiger partial charge in [-0.3, -0.25) is 9.59 Å². The number of hydrogen-bond donors (Lipinski definition) is 1. The van der Waals surface area contributed by atoms with E-state index in [2.05, 4.69) is 0 Å². The van der Waals surface area contributed by atoms with Gasteiger partial charge in [-0.15, -0.1) is 0 Å². The lowest BCUT2D eigenvalue weighted by Gasteiger charge is -2.22. The Kier molecular flexibility index (Phi) is 8.40. The number of rotatable bonds is 9. The second-order valence-electron chi connectivity index (χ2n) is 4.47. The van der Waals surface area contributed by atoms with Crippen molar-refractivity contribution in [1.82, 2.24) is 4.90 Å². The predicted molar refractivity (Wildman–Crippen MR) is 64.8 cm³/mol. The van der Waals surface area contributed by atoms with Crippen LogP contribution in [-0.4, -0.2) is 48.2 Å². The van der Waals surface area contributed by atoms with E-state index >= 15 is 0 Å². The first-order valence-corrected chi connectivity index (χ1v) is 6.04. The summed E-state index contributed by atoms with van der Waals surface area (Å²) in [5, 5.41) is 8.72.